The predicted molar refractivity (Wildman–Crippen MR) is 83.2 cm³/mol. The molecule has 1 unspecified atom stereocenters. The molecule has 1 aromatic rings. The second-order valence-corrected chi connectivity index (χ2v) is 6.88. The lowest BCUT2D eigenvalue weighted by Crippen LogP contribution is -2.37. The summed E-state index contributed by atoms with van der Waals surface area (Å²) >= 11 is 0. The summed E-state index contributed by atoms with van der Waals surface area (Å²) in [5.74, 6) is 0.341. The number of amides is 1. The van der Waals surface area contributed by atoms with Crippen molar-refractivity contribution in [1.29, 1.82) is 0 Å². The Morgan fingerprint density at radius 3 is 2.19 bits per heavy atom. The van der Waals surface area contributed by atoms with E-state index in [-0.39, 0.29) is 0 Å². The van der Waals surface area contributed by atoms with Crippen molar-refractivity contribution in [3.8, 4) is 0 Å². The number of ether oxygens (including phenoxy) is 1. The first-order chi connectivity index (χ1) is 9.60. The number of hydroxylamine groups is 2. The van der Waals surface area contributed by atoms with E-state index < -0.39 is 17.7 Å². The first kappa shape index (κ1) is 17.5. The normalized spacial score (nSPS) is 13.1. The van der Waals surface area contributed by atoms with Crippen LogP contribution in [-0.4, -0.2) is 22.0 Å². The summed E-state index contributed by atoms with van der Waals surface area (Å²) in [6.07, 6.45) is -0.0487. The Morgan fingerprint density at radius 1 is 1.24 bits per heavy atom. The molecular weight excluding hydrogens is 266 g/mol. The number of hydrogen-bond donors (Lipinski definition) is 1. The maximum absolute atomic E-state index is 12.1. The lowest BCUT2D eigenvalue weighted by Gasteiger charge is -2.30. The SMILES string of the molecule is Cc1ccc(C(CC(C)C)N(O)C(=O)OC(C)(C)C)cc1. The molecule has 1 N–H and O–H groups in total. The molecule has 0 aromatic heterocycles. The molecule has 21 heavy (non-hydrogen) atoms. The first-order valence-electron chi connectivity index (χ1n) is 7.38. The number of hydrogen-bond acceptors (Lipinski definition) is 3. The average Bonchev–Trinajstić information content (AvgIpc) is 2.34. The van der Waals surface area contributed by atoms with E-state index in [9.17, 15) is 10.0 Å². The van der Waals surface area contributed by atoms with Gasteiger partial charge < -0.3 is 4.74 Å². The van der Waals surface area contributed by atoms with Crippen molar-refractivity contribution >= 4 is 6.09 Å². The van der Waals surface area contributed by atoms with Crippen molar-refractivity contribution in [2.75, 3.05) is 0 Å². The van der Waals surface area contributed by atoms with Gasteiger partial charge in [-0.25, -0.2) is 4.79 Å². The zero-order chi connectivity index (χ0) is 16.2. The second kappa shape index (κ2) is 6.94. The van der Waals surface area contributed by atoms with Crippen LogP contribution in [0.3, 0.4) is 0 Å². The smallest absolute Gasteiger partial charge is 0.434 e. The average molecular weight is 293 g/mol. The highest BCUT2D eigenvalue weighted by molar-refractivity contribution is 5.67. The van der Waals surface area contributed by atoms with Gasteiger partial charge >= 0.3 is 6.09 Å². The molecule has 4 nitrogen and oxygen atoms in total. The van der Waals surface area contributed by atoms with E-state index in [0.29, 0.717) is 12.3 Å². The molecule has 1 amide bonds. The van der Waals surface area contributed by atoms with Crippen LogP contribution in [-0.2, 0) is 4.74 Å². The third-order valence-electron chi connectivity index (χ3n) is 3.03. The standard InChI is InChI=1S/C17H27NO3/c1-12(2)11-15(14-9-7-13(3)8-10-14)18(20)16(19)21-17(4,5)6/h7-10,12,15,20H,11H2,1-6H3. The van der Waals surface area contributed by atoms with E-state index in [2.05, 4.69) is 13.8 Å². The molecule has 0 bridgehead atoms. The summed E-state index contributed by atoms with van der Waals surface area (Å²) in [7, 11) is 0. The third-order valence-corrected chi connectivity index (χ3v) is 3.03. The fourth-order valence-corrected chi connectivity index (χ4v) is 2.05. The summed E-state index contributed by atoms with van der Waals surface area (Å²) < 4.78 is 5.24. The van der Waals surface area contributed by atoms with E-state index >= 15 is 0 Å². The Labute approximate surface area is 127 Å². The zero-order valence-corrected chi connectivity index (χ0v) is 13.9. The van der Waals surface area contributed by atoms with Gasteiger partial charge in [0.25, 0.3) is 0 Å². The van der Waals surface area contributed by atoms with Crippen molar-refractivity contribution in [3.05, 3.63) is 35.4 Å². The minimum atomic E-state index is -0.714. The van der Waals surface area contributed by atoms with Gasteiger partial charge in [0.1, 0.15) is 5.60 Å². The van der Waals surface area contributed by atoms with Crippen LogP contribution in [0.15, 0.2) is 24.3 Å². The molecule has 0 aliphatic rings. The van der Waals surface area contributed by atoms with Gasteiger partial charge in [-0.1, -0.05) is 43.7 Å². The van der Waals surface area contributed by atoms with E-state index in [1.807, 2.05) is 31.2 Å². The van der Waals surface area contributed by atoms with Gasteiger partial charge in [0, 0.05) is 0 Å². The number of rotatable bonds is 4. The Hall–Kier alpha value is -1.55. The summed E-state index contributed by atoms with van der Waals surface area (Å²) in [5.41, 5.74) is 1.42. The van der Waals surface area contributed by atoms with Gasteiger partial charge in [0.15, 0.2) is 0 Å². The highest BCUT2D eigenvalue weighted by Crippen LogP contribution is 2.28. The molecule has 0 heterocycles. The fraction of sp³-hybridized carbons (Fsp3) is 0.588. The molecule has 1 aromatic carbocycles. The minimum absolute atomic E-state index is 0.341. The van der Waals surface area contributed by atoms with Crippen LogP contribution in [0.5, 0.6) is 0 Å². The highest BCUT2D eigenvalue weighted by atomic mass is 16.6. The van der Waals surface area contributed by atoms with E-state index in [4.69, 9.17) is 4.74 Å². The molecule has 0 saturated heterocycles. The van der Waals surface area contributed by atoms with Crippen molar-refractivity contribution in [1.82, 2.24) is 5.06 Å². The Kier molecular flexibility index (Phi) is 5.78. The van der Waals surface area contributed by atoms with Crippen molar-refractivity contribution in [2.24, 2.45) is 5.92 Å². The van der Waals surface area contributed by atoms with Crippen molar-refractivity contribution < 1.29 is 14.7 Å². The van der Waals surface area contributed by atoms with Crippen molar-refractivity contribution in [2.45, 2.75) is 59.6 Å². The van der Waals surface area contributed by atoms with Gasteiger partial charge in [-0.05, 0) is 45.6 Å². The van der Waals surface area contributed by atoms with E-state index in [1.54, 1.807) is 20.8 Å². The summed E-state index contributed by atoms with van der Waals surface area (Å²) in [5, 5.41) is 11.0. The zero-order valence-electron chi connectivity index (χ0n) is 13.9. The topological polar surface area (TPSA) is 49.8 Å². The van der Waals surface area contributed by atoms with Crippen LogP contribution in [0.4, 0.5) is 4.79 Å². The number of carbonyl (C=O) groups is 1. The van der Waals surface area contributed by atoms with E-state index in [1.165, 1.54) is 0 Å². The van der Waals surface area contributed by atoms with Crippen molar-refractivity contribution in [3.63, 3.8) is 0 Å². The highest BCUT2D eigenvalue weighted by Gasteiger charge is 2.28. The molecule has 0 aliphatic carbocycles. The number of aryl methyl sites for hydroxylation is 1. The van der Waals surface area contributed by atoms with Gasteiger partial charge in [0.2, 0.25) is 0 Å². The van der Waals surface area contributed by atoms with Crippen LogP contribution < -0.4 is 0 Å². The van der Waals surface area contributed by atoms with Gasteiger partial charge in [-0.2, -0.15) is 5.06 Å². The second-order valence-electron chi connectivity index (χ2n) is 6.88. The molecule has 0 saturated carbocycles. The van der Waals surface area contributed by atoms with Gasteiger partial charge in [-0.3, -0.25) is 5.21 Å². The largest absolute Gasteiger partial charge is 0.442 e. The molecular formula is C17H27NO3. The van der Waals surface area contributed by atoms with Gasteiger partial charge in [-0.15, -0.1) is 0 Å². The summed E-state index contributed by atoms with van der Waals surface area (Å²) in [6.45, 7) is 11.5. The Morgan fingerprint density at radius 2 is 1.76 bits per heavy atom. The molecule has 0 aliphatic heterocycles. The van der Waals surface area contributed by atoms with Gasteiger partial charge in [0.05, 0.1) is 6.04 Å². The molecule has 1 atom stereocenters. The molecule has 118 valence electrons. The Balaban J connectivity index is 2.96. The fourth-order valence-electron chi connectivity index (χ4n) is 2.05. The summed E-state index contributed by atoms with van der Waals surface area (Å²) in [6, 6.07) is 7.43. The van der Waals surface area contributed by atoms with Crippen LogP contribution >= 0.6 is 0 Å². The maximum Gasteiger partial charge on any atom is 0.434 e. The van der Waals surface area contributed by atoms with Crippen LogP contribution in [0.25, 0.3) is 0 Å². The molecule has 4 heteroatoms. The van der Waals surface area contributed by atoms with E-state index in [0.717, 1.165) is 16.2 Å². The lowest BCUT2D eigenvalue weighted by atomic mass is 9.96. The minimum Gasteiger partial charge on any atom is -0.442 e. The lowest BCUT2D eigenvalue weighted by molar-refractivity contribution is -0.125. The number of nitrogens with zero attached hydrogens (tertiary/aromatic N) is 1. The van der Waals surface area contributed by atoms with Crippen LogP contribution in [0.2, 0.25) is 0 Å². The first-order valence-corrected chi connectivity index (χ1v) is 7.38. The monoisotopic (exact) mass is 293 g/mol. The van der Waals surface area contributed by atoms with Crippen LogP contribution in [0.1, 0.15) is 58.2 Å². The molecule has 1 rings (SSSR count). The third kappa shape index (κ3) is 5.76. The molecule has 0 spiro atoms. The maximum atomic E-state index is 12.1. The summed E-state index contributed by atoms with van der Waals surface area (Å²) in [4.78, 5) is 12.1. The quantitative estimate of drug-likeness (QED) is 0.646. The predicted octanol–water partition coefficient (Wildman–Crippen LogP) is 4.71. The number of benzene rings is 1. The Bertz CT molecular complexity index is 460. The number of carbonyl (C=O) groups excluding carboxylic acids is 1. The molecule has 0 radical (unpaired) electrons. The molecule has 0 fully saturated rings. The van der Waals surface area contributed by atoms with Crippen LogP contribution in [0, 0.1) is 12.8 Å².